The minimum atomic E-state index is -0.949. The van der Waals surface area contributed by atoms with Gasteiger partial charge in [0.15, 0.2) is 6.10 Å². The van der Waals surface area contributed by atoms with E-state index in [-0.39, 0.29) is 17.5 Å². The van der Waals surface area contributed by atoms with Crippen molar-refractivity contribution in [2.24, 2.45) is 0 Å². The zero-order valence-electron chi connectivity index (χ0n) is 14.4. The van der Waals surface area contributed by atoms with Crippen LogP contribution in [-0.2, 0) is 16.0 Å². The summed E-state index contributed by atoms with van der Waals surface area (Å²) in [5, 5.41) is 2.83. The fourth-order valence-corrected chi connectivity index (χ4v) is 2.36. The van der Waals surface area contributed by atoms with Crippen molar-refractivity contribution in [2.75, 3.05) is 0 Å². The lowest BCUT2D eigenvalue weighted by atomic mass is 10.1. The summed E-state index contributed by atoms with van der Waals surface area (Å²) in [6, 6.07) is 15.1. The van der Waals surface area contributed by atoms with E-state index < -0.39 is 17.9 Å². The van der Waals surface area contributed by atoms with Crippen molar-refractivity contribution in [3.8, 4) is 0 Å². The molecule has 2 rings (SSSR count). The van der Waals surface area contributed by atoms with Crippen LogP contribution in [0.4, 0.5) is 4.39 Å². The van der Waals surface area contributed by atoms with Gasteiger partial charge in [-0.15, -0.1) is 0 Å². The zero-order valence-corrected chi connectivity index (χ0v) is 14.4. The molecule has 0 spiro atoms. The van der Waals surface area contributed by atoms with E-state index in [9.17, 15) is 14.0 Å². The van der Waals surface area contributed by atoms with Crippen LogP contribution in [0.1, 0.15) is 36.2 Å². The molecule has 0 saturated carbocycles. The lowest BCUT2D eigenvalue weighted by Gasteiger charge is -2.18. The summed E-state index contributed by atoms with van der Waals surface area (Å²) in [6.07, 6.45) is 0.676. The third kappa shape index (κ3) is 6.03. The molecule has 2 aromatic carbocycles. The molecule has 0 bridgehead atoms. The molecule has 0 aliphatic heterocycles. The highest BCUT2D eigenvalue weighted by atomic mass is 19.1. The van der Waals surface area contributed by atoms with Crippen molar-refractivity contribution in [3.63, 3.8) is 0 Å². The maximum absolute atomic E-state index is 13.1. The van der Waals surface area contributed by atoms with Gasteiger partial charge in [0.1, 0.15) is 5.82 Å². The first-order chi connectivity index (χ1) is 12.0. The molecule has 0 aliphatic carbocycles. The molecule has 0 aliphatic rings. The van der Waals surface area contributed by atoms with Crippen molar-refractivity contribution < 1.29 is 18.7 Å². The SMILES string of the molecule is C[C@H](OC(=O)c1cccc(F)c1)C(=O)N[C@@H](C)CCc1ccccc1. The lowest BCUT2D eigenvalue weighted by Crippen LogP contribution is -2.41. The Morgan fingerprint density at radius 2 is 1.80 bits per heavy atom. The highest BCUT2D eigenvalue weighted by Gasteiger charge is 2.20. The van der Waals surface area contributed by atoms with Crippen LogP contribution in [0, 0.1) is 5.82 Å². The van der Waals surface area contributed by atoms with E-state index in [1.807, 2.05) is 37.3 Å². The van der Waals surface area contributed by atoms with Crippen LogP contribution in [0.15, 0.2) is 54.6 Å². The molecule has 0 radical (unpaired) electrons. The third-order valence-corrected chi connectivity index (χ3v) is 3.81. The Morgan fingerprint density at radius 1 is 1.08 bits per heavy atom. The van der Waals surface area contributed by atoms with Crippen LogP contribution in [0.5, 0.6) is 0 Å². The summed E-state index contributed by atoms with van der Waals surface area (Å²) < 4.78 is 18.2. The number of carbonyl (C=O) groups excluding carboxylic acids is 2. The number of ether oxygens (including phenoxy) is 1. The molecule has 0 saturated heterocycles. The number of hydrogen-bond donors (Lipinski definition) is 1. The number of rotatable bonds is 7. The van der Waals surface area contributed by atoms with Gasteiger partial charge in [0.2, 0.25) is 0 Å². The van der Waals surface area contributed by atoms with Gasteiger partial charge in [-0.25, -0.2) is 9.18 Å². The second kappa shape index (κ2) is 8.97. The van der Waals surface area contributed by atoms with E-state index in [2.05, 4.69) is 5.32 Å². The van der Waals surface area contributed by atoms with Crippen LogP contribution >= 0.6 is 0 Å². The smallest absolute Gasteiger partial charge is 0.339 e. The maximum atomic E-state index is 13.1. The summed E-state index contributed by atoms with van der Waals surface area (Å²) in [6.45, 7) is 3.40. The second-order valence-corrected chi connectivity index (χ2v) is 5.99. The van der Waals surface area contributed by atoms with Crippen LogP contribution in [0.2, 0.25) is 0 Å². The molecule has 1 N–H and O–H groups in total. The van der Waals surface area contributed by atoms with Gasteiger partial charge in [-0.1, -0.05) is 36.4 Å². The van der Waals surface area contributed by atoms with Crippen LogP contribution in [0.3, 0.4) is 0 Å². The summed E-state index contributed by atoms with van der Waals surface area (Å²) in [7, 11) is 0. The molecule has 132 valence electrons. The number of amides is 1. The molecule has 1 amide bonds. The summed E-state index contributed by atoms with van der Waals surface area (Å²) in [4.78, 5) is 24.1. The summed E-state index contributed by atoms with van der Waals surface area (Å²) in [5.41, 5.74) is 1.28. The van der Waals surface area contributed by atoms with Gasteiger partial charge in [0.25, 0.3) is 5.91 Å². The Bertz CT molecular complexity index is 718. The van der Waals surface area contributed by atoms with Crippen molar-refractivity contribution in [1.29, 1.82) is 0 Å². The molecule has 0 heterocycles. The topological polar surface area (TPSA) is 55.4 Å². The Hall–Kier alpha value is -2.69. The Balaban J connectivity index is 1.80. The summed E-state index contributed by atoms with van der Waals surface area (Å²) >= 11 is 0. The van der Waals surface area contributed by atoms with E-state index >= 15 is 0 Å². The Labute approximate surface area is 147 Å². The molecule has 0 fully saturated rings. The summed E-state index contributed by atoms with van der Waals surface area (Å²) in [5.74, 6) is -1.62. The van der Waals surface area contributed by atoms with Crippen LogP contribution < -0.4 is 5.32 Å². The monoisotopic (exact) mass is 343 g/mol. The largest absolute Gasteiger partial charge is 0.449 e. The molecule has 5 heteroatoms. The number of hydrogen-bond acceptors (Lipinski definition) is 3. The number of benzene rings is 2. The van der Waals surface area contributed by atoms with Gasteiger partial charge in [-0.05, 0) is 50.5 Å². The number of aryl methyl sites for hydroxylation is 1. The molecule has 25 heavy (non-hydrogen) atoms. The quantitative estimate of drug-likeness (QED) is 0.783. The van der Waals surface area contributed by atoms with Crippen LogP contribution in [-0.4, -0.2) is 24.0 Å². The highest BCUT2D eigenvalue weighted by Crippen LogP contribution is 2.08. The van der Waals surface area contributed by atoms with E-state index in [1.54, 1.807) is 0 Å². The van der Waals surface area contributed by atoms with Crippen molar-refractivity contribution >= 4 is 11.9 Å². The number of esters is 1. The first-order valence-corrected chi connectivity index (χ1v) is 8.26. The number of carbonyl (C=O) groups is 2. The third-order valence-electron chi connectivity index (χ3n) is 3.81. The van der Waals surface area contributed by atoms with E-state index in [4.69, 9.17) is 4.74 Å². The van der Waals surface area contributed by atoms with E-state index in [0.29, 0.717) is 0 Å². The lowest BCUT2D eigenvalue weighted by molar-refractivity contribution is -0.129. The van der Waals surface area contributed by atoms with Gasteiger partial charge in [-0.2, -0.15) is 0 Å². The minimum Gasteiger partial charge on any atom is -0.449 e. The second-order valence-electron chi connectivity index (χ2n) is 5.99. The minimum absolute atomic E-state index is 0.0528. The van der Waals surface area contributed by atoms with Gasteiger partial charge in [-0.3, -0.25) is 4.79 Å². The van der Waals surface area contributed by atoms with Gasteiger partial charge in [0, 0.05) is 6.04 Å². The number of nitrogens with one attached hydrogen (secondary N) is 1. The van der Waals surface area contributed by atoms with E-state index in [1.165, 1.54) is 30.7 Å². The predicted octanol–water partition coefficient (Wildman–Crippen LogP) is 3.51. The number of halogens is 1. The van der Waals surface area contributed by atoms with Crippen LogP contribution in [0.25, 0.3) is 0 Å². The average Bonchev–Trinajstić information content (AvgIpc) is 2.60. The van der Waals surface area contributed by atoms with Gasteiger partial charge >= 0.3 is 5.97 Å². The Kier molecular flexibility index (Phi) is 6.69. The first-order valence-electron chi connectivity index (χ1n) is 8.26. The fourth-order valence-electron chi connectivity index (χ4n) is 2.36. The van der Waals surface area contributed by atoms with Gasteiger partial charge < -0.3 is 10.1 Å². The highest BCUT2D eigenvalue weighted by molar-refractivity contribution is 5.92. The fraction of sp³-hybridized carbons (Fsp3) is 0.300. The molecule has 2 aromatic rings. The molecule has 0 aromatic heterocycles. The maximum Gasteiger partial charge on any atom is 0.339 e. The van der Waals surface area contributed by atoms with Crippen molar-refractivity contribution in [3.05, 3.63) is 71.5 Å². The molecule has 2 atom stereocenters. The van der Waals surface area contributed by atoms with Crippen molar-refractivity contribution in [1.82, 2.24) is 5.32 Å². The van der Waals surface area contributed by atoms with Crippen molar-refractivity contribution in [2.45, 2.75) is 38.8 Å². The van der Waals surface area contributed by atoms with Gasteiger partial charge in [0.05, 0.1) is 5.56 Å². The predicted molar refractivity (Wildman–Crippen MR) is 93.6 cm³/mol. The first kappa shape index (κ1) is 18.6. The zero-order chi connectivity index (χ0) is 18.2. The molecule has 0 unspecified atom stereocenters. The Morgan fingerprint density at radius 3 is 2.48 bits per heavy atom. The molecular weight excluding hydrogens is 321 g/mol. The van der Waals surface area contributed by atoms with E-state index in [0.717, 1.165) is 18.9 Å². The molecular formula is C20H22FNO3. The standard InChI is InChI=1S/C20H22FNO3/c1-14(11-12-16-7-4-3-5-8-16)22-19(23)15(2)25-20(24)17-9-6-10-18(21)13-17/h3-10,13-15H,11-12H2,1-2H3,(H,22,23)/t14-,15-/m0/s1. The average molecular weight is 343 g/mol. The normalized spacial score (nSPS) is 12.9. The molecule has 4 nitrogen and oxygen atoms in total.